The molecule has 1 rings (SSSR count). The van der Waals surface area contributed by atoms with Crippen LogP contribution in [0.4, 0.5) is 0 Å². The number of hydrogen-bond acceptors (Lipinski definition) is 2. The first-order chi connectivity index (χ1) is 10.0. The zero-order chi connectivity index (χ0) is 15.7. The van der Waals surface area contributed by atoms with Gasteiger partial charge in [-0.3, -0.25) is 0 Å². The zero-order valence-corrected chi connectivity index (χ0v) is 15.4. The van der Waals surface area contributed by atoms with Gasteiger partial charge in [-0.1, -0.05) is 62.1 Å². The molecule has 0 radical (unpaired) electrons. The van der Waals surface area contributed by atoms with Crippen LogP contribution in [0.25, 0.3) is 6.08 Å². The van der Waals surface area contributed by atoms with Crippen LogP contribution >= 0.6 is 24.0 Å². The van der Waals surface area contributed by atoms with Gasteiger partial charge >= 0.3 is 0 Å². The van der Waals surface area contributed by atoms with Crippen LogP contribution in [0.15, 0.2) is 30.3 Å². The Labute approximate surface area is 146 Å². The Balaban J connectivity index is 0.00000441. The summed E-state index contributed by atoms with van der Waals surface area (Å²) in [7, 11) is 4.12. The molecule has 0 saturated heterocycles. The summed E-state index contributed by atoms with van der Waals surface area (Å²) in [6.45, 7) is 3.12. The predicted molar refractivity (Wildman–Crippen MR) is 99.9 cm³/mol. The molecule has 0 aliphatic carbocycles. The molecular weight excluding hydrogens is 317 g/mol. The molecule has 4 heteroatoms. The summed E-state index contributed by atoms with van der Waals surface area (Å²) in [5, 5.41) is 11.2. The third-order valence-electron chi connectivity index (χ3n) is 3.62. The van der Waals surface area contributed by atoms with Gasteiger partial charge in [0.25, 0.3) is 0 Å². The van der Waals surface area contributed by atoms with E-state index in [2.05, 4.69) is 25.9 Å². The van der Waals surface area contributed by atoms with Crippen molar-refractivity contribution >= 4 is 30.1 Å². The molecule has 2 unspecified atom stereocenters. The Hall–Kier alpha value is -0.540. The van der Waals surface area contributed by atoms with Crippen LogP contribution in [0.3, 0.4) is 0 Å². The lowest BCUT2D eigenvalue weighted by Crippen LogP contribution is -2.30. The van der Waals surface area contributed by atoms with E-state index in [1.807, 2.05) is 36.4 Å². The van der Waals surface area contributed by atoms with Gasteiger partial charge in [0.15, 0.2) is 0 Å². The van der Waals surface area contributed by atoms with Gasteiger partial charge in [0.2, 0.25) is 0 Å². The van der Waals surface area contributed by atoms with E-state index in [1.165, 1.54) is 19.3 Å². The first kappa shape index (κ1) is 21.5. The van der Waals surface area contributed by atoms with Gasteiger partial charge in [0.05, 0.1) is 6.10 Å². The zero-order valence-electron chi connectivity index (χ0n) is 13.8. The van der Waals surface area contributed by atoms with E-state index < -0.39 is 6.10 Å². The lowest BCUT2D eigenvalue weighted by atomic mass is 9.94. The second kappa shape index (κ2) is 12.0. The number of aliphatic hydroxyl groups excluding tert-OH is 1. The number of aliphatic hydroxyl groups is 1. The van der Waals surface area contributed by atoms with Crippen LogP contribution in [-0.4, -0.2) is 36.8 Å². The van der Waals surface area contributed by atoms with E-state index in [9.17, 15) is 5.11 Å². The Morgan fingerprint density at radius 3 is 2.36 bits per heavy atom. The van der Waals surface area contributed by atoms with Crippen LogP contribution < -0.4 is 0 Å². The molecule has 0 aromatic heterocycles. The van der Waals surface area contributed by atoms with E-state index in [-0.39, 0.29) is 18.3 Å². The molecule has 2 nitrogen and oxygen atoms in total. The molecule has 1 aromatic rings. The lowest BCUT2D eigenvalue weighted by Gasteiger charge is -2.24. The average Bonchev–Trinajstić information content (AvgIpc) is 2.45. The van der Waals surface area contributed by atoms with Crippen molar-refractivity contribution in [3.05, 3.63) is 40.9 Å². The van der Waals surface area contributed by atoms with Crippen molar-refractivity contribution in [2.75, 3.05) is 20.6 Å². The van der Waals surface area contributed by atoms with Crippen molar-refractivity contribution in [3.63, 3.8) is 0 Å². The molecule has 22 heavy (non-hydrogen) atoms. The number of unbranched alkanes of at least 4 members (excludes halogenated alkanes) is 2. The Morgan fingerprint density at radius 2 is 1.82 bits per heavy atom. The number of benzene rings is 1. The van der Waals surface area contributed by atoms with E-state index in [0.717, 1.165) is 23.6 Å². The van der Waals surface area contributed by atoms with Crippen molar-refractivity contribution in [2.45, 2.75) is 38.7 Å². The minimum Gasteiger partial charge on any atom is -0.389 e. The maximum atomic E-state index is 10.4. The molecule has 0 aliphatic rings. The molecule has 0 fully saturated rings. The third kappa shape index (κ3) is 8.79. The lowest BCUT2D eigenvalue weighted by molar-refractivity contribution is 0.122. The van der Waals surface area contributed by atoms with Gasteiger partial charge < -0.3 is 10.0 Å². The summed E-state index contributed by atoms with van der Waals surface area (Å²) in [6.07, 6.45) is 8.18. The van der Waals surface area contributed by atoms with Gasteiger partial charge in [-0.05, 0) is 38.2 Å². The first-order valence-corrected chi connectivity index (χ1v) is 8.17. The van der Waals surface area contributed by atoms with Gasteiger partial charge in [-0.15, -0.1) is 12.4 Å². The van der Waals surface area contributed by atoms with Crippen LogP contribution in [-0.2, 0) is 0 Å². The average molecular weight is 346 g/mol. The Morgan fingerprint density at radius 1 is 1.18 bits per heavy atom. The van der Waals surface area contributed by atoms with Crippen LogP contribution in [0.1, 0.15) is 38.2 Å². The summed E-state index contributed by atoms with van der Waals surface area (Å²) in [5.41, 5.74) is 1.07. The van der Waals surface area contributed by atoms with E-state index in [0.29, 0.717) is 0 Å². The van der Waals surface area contributed by atoms with Crippen LogP contribution in [0.5, 0.6) is 0 Å². The van der Waals surface area contributed by atoms with Crippen LogP contribution in [0.2, 0.25) is 5.02 Å². The Kier molecular flexibility index (Phi) is 11.7. The Bertz CT molecular complexity index is 418. The maximum Gasteiger partial charge on any atom is 0.0764 e. The molecule has 0 saturated carbocycles. The van der Waals surface area contributed by atoms with Crippen molar-refractivity contribution in [3.8, 4) is 0 Å². The topological polar surface area (TPSA) is 23.5 Å². The highest BCUT2D eigenvalue weighted by molar-refractivity contribution is 6.30. The monoisotopic (exact) mass is 345 g/mol. The molecule has 0 heterocycles. The molecule has 0 amide bonds. The second-order valence-electron chi connectivity index (χ2n) is 5.92. The molecule has 0 aliphatic heterocycles. The first-order valence-electron chi connectivity index (χ1n) is 7.79. The SMILES string of the molecule is CCCCCC(CN(C)C)C(O)/C=C/c1ccc(Cl)cc1.Cl. The van der Waals surface area contributed by atoms with E-state index >= 15 is 0 Å². The third-order valence-corrected chi connectivity index (χ3v) is 3.87. The molecular formula is C18H29Cl2NO. The van der Waals surface area contributed by atoms with Gasteiger partial charge in [-0.25, -0.2) is 0 Å². The summed E-state index contributed by atoms with van der Waals surface area (Å²) in [5.74, 6) is 0.287. The number of nitrogens with zero attached hydrogens (tertiary/aromatic N) is 1. The van der Waals surface area contributed by atoms with Crippen molar-refractivity contribution in [1.29, 1.82) is 0 Å². The maximum absolute atomic E-state index is 10.4. The molecule has 1 N–H and O–H groups in total. The predicted octanol–water partition coefficient (Wildman–Crippen LogP) is 4.89. The fraction of sp³-hybridized carbons (Fsp3) is 0.556. The minimum atomic E-state index is -0.403. The van der Waals surface area contributed by atoms with Crippen molar-refractivity contribution in [1.82, 2.24) is 4.90 Å². The number of halogens is 2. The van der Waals surface area contributed by atoms with Crippen LogP contribution in [0, 0.1) is 5.92 Å². The smallest absolute Gasteiger partial charge is 0.0764 e. The number of hydrogen-bond donors (Lipinski definition) is 1. The minimum absolute atomic E-state index is 0. The summed E-state index contributed by atoms with van der Waals surface area (Å²) in [6, 6.07) is 7.66. The van der Waals surface area contributed by atoms with Crippen molar-refractivity contribution < 1.29 is 5.11 Å². The highest BCUT2D eigenvalue weighted by atomic mass is 35.5. The molecule has 1 aromatic carbocycles. The fourth-order valence-electron chi connectivity index (χ4n) is 2.44. The van der Waals surface area contributed by atoms with E-state index in [1.54, 1.807) is 0 Å². The largest absolute Gasteiger partial charge is 0.389 e. The molecule has 2 atom stereocenters. The highest BCUT2D eigenvalue weighted by Crippen LogP contribution is 2.18. The molecule has 0 spiro atoms. The summed E-state index contributed by atoms with van der Waals surface area (Å²) in [4.78, 5) is 2.15. The van der Waals surface area contributed by atoms with E-state index in [4.69, 9.17) is 11.6 Å². The van der Waals surface area contributed by atoms with Gasteiger partial charge in [0, 0.05) is 17.5 Å². The quantitative estimate of drug-likeness (QED) is 0.643. The molecule has 0 bridgehead atoms. The second-order valence-corrected chi connectivity index (χ2v) is 6.36. The molecule has 126 valence electrons. The highest BCUT2D eigenvalue weighted by Gasteiger charge is 2.17. The van der Waals surface area contributed by atoms with Gasteiger partial charge in [-0.2, -0.15) is 0 Å². The normalized spacial score (nSPS) is 14.1. The van der Waals surface area contributed by atoms with Gasteiger partial charge in [0.1, 0.15) is 0 Å². The summed E-state index contributed by atoms with van der Waals surface area (Å²) < 4.78 is 0. The van der Waals surface area contributed by atoms with Crippen molar-refractivity contribution in [2.24, 2.45) is 5.92 Å². The standard InChI is InChI=1S/C18H28ClNO.ClH/c1-4-5-6-7-16(14-20(2)3)18(21)13-10-15-8-11-17(19)12-9-15;/h8-13,16,18,21H,4-7,14H2,1-3H3;1H/b13-10+;. The summed E-state index contributed by atoms with van der Waals surface area (Å²) >= 11 is 5.87. The fourth-order valence-corrected chi connectivity index (χ4v) is 2.56. The number of rotatable bonds is 9.